The van der Waals surface area contributed by atoms with Gasteiger partial charge in [-0.05, 0) is 48.7 Å². The lowest BCUT2D eigenvalue weighted by Gasteiger charge is -2.25. The summed E-state index contributed by atoms with van der Waals surface area (Å²) in [5.74, 6) is 1.63. The molecule has 2 aromatic rings. The van der Waals surface area contributed by atoms with Crippen LogP contribution < -0.4 is 14.8 Å². The van der Waals surface area contributed by atoms with E-state index in [-0.39, 0.29) is 0 Å². The summed E-state index contributed by atoms with van der Waals surface area (Å²) >= 11 is 0. The minimum atomic E-state index is 0.367. The van der Waals surface area contributed by atoms with Crippen LogP contribution in [0, 0.1) is 0 Å². The largest absolute Gasteiger partial charge is 0.493 e. The third-order valence-corrected chi connectivity index (χ3v) is 3.97. The van der Waals surface area contributed by atoms with Gasteiger partial charge in [0.05, 0.1) is 7.11 Å². The number of benzene rings is 2. The maximum Gasteiger partial charge on any atom is 0.161 e. The molecule has 0 fully saturated rings. The van der Waals surface area contributed by atoms with Crippen LogP contribution in [0.2, 0.25) is 0 Å². The van der Waals surface area contributed by atoms with Crippen molar-refractivity contribution in [2.45, 2.75) is 26.0 Å². The quantitative estimate of drug-likeness (QED) is 0.932. The molecule has 0 bridgehead atoms. The highest BCUT2D eigenvalue weighted by atomic mass is 16.5. The number of rotatable bonds is 4. The second kappa shape index (κ2) is 6.19. The number of ether oxygens (including phenoxy) is 2. The molecule has 3 nitrogen and oxygen atoms in total. The molecular weight excluding hydrogens is 262 g/mol. The van der Waals surface area contributed by atoms with Crippen LogP contribution in [0.5, 0.6) is 11.5 Å². The number of fused-ring (bicyclic) bond motifs is 1. The predicted molar refractivity (Wildman–Crippen MR) is 83.9 cm³/mol. The van der Waals surface area contributed by atoms with Crippen LogP contribution in [0.4, 0.5) is 0 Å². The number of methoxy groups -OCH3 is 1. The molecule has 1 atom stereocenters. The number of nitrogens with one attached hydrogen (secondary N) is 1. The average molecular weight is 283 g/mol. The van der Waals surface area contributed by atoms with Crippen molar-refractivity contribution in [3.63, 3.8) is 0 Å². The van der Waals surface area contributed by atoms with Crippen LogP contribution in [0.15, 0.2) is 42.5 Å². The molecule has 0 unspecified atom stereocenters. The van der Waals surface area contributed by atoms with Crippen molar-refractivity contribution in [3.05, 3.63) is 59.2 Å². The third-order valence-electron chi connectivity index (χ3n) is 3.97. The average Bonchev–Trinajstić information content (AvgIpc) is 2.53. The Morgan fingerprint density at radius 1 is 1.14 bits per heavy atom. The Bertz CT molecular complexity index is 610. The minimum absolute atomic E-state index is 0.367. The zero-order valence-electron chi connectivity index (χ0n) is 12.6. The molecule has 0 saturated heterocycles. The summed E-state index contributed by atoms with van der Waals surface area (Å²) in [5, 5.41) is 3.47. The molecule has 21 heavy (non-hydrogen) atoms. The van der Waals surface area contributed by atoms with E-state index < -0.39 is 0 Å². The number of hydrogen-bond donors (Lipinski definition) is 1. The van der Waals surface area contributed by atoms with Crippen molar-refractivity contribution in [1.82, 2.24) is 5.32 Å². The van der Waals surface area contributed by atoms with Crippen molar-refractivity contribution in [2.24, 2.45) is 0 Å². The Morgan fingerprint density at radius 2 is 1.95 bits per heavy atom. The van der Waals surface area contributed by atoms with Gasteiger partial charge in [-0.15, -0.1) is 0 Å². The second-order valence-corrected chi connectivity index (χ2v) is 5.40. The van der Waals surface area contributed by atoms with Gasteiger partial charge in [0.25, 0.3) is 0 Å². The Hall–Kier alpha value is -2.00. The van der Waals surface area contributed by atoms with E-state index in [4.69, 9.17) is 9.47 Å². The Balaban J connectivity index is 1.84. The fourth-order valence-corrected chi connectivity index (χ4v) is 2.78. The highest BCUT2D eigenvalue weighted by Gasteiger charge is 2.19. The second-order valence-electron chi connectivity index (χ2n) is 5.40. The molecule has 0 aromatic heterocycles. The van der Waals surface area contributed by atoms with E-state index in [0.717, 1.165) is 30.0 Å². The molecule has 0 spiro atoms. The van der Waals surface area contributed by atoms with Gasteiger partial charge >= 0.3 is 0 Å². The van der Waals surface area contributed by atoms with E-state index >= 15 is 0 Å². The van der Waals surface area contributed by atoms with Crippen LogP contribution >= 0.6 is 0 Å². The predicted octanol–water partition coefficient (Wildman–Crippen LogP) is 3.48. The third kappa shape index (κ3) is 3.03. The van der Waals surface area contributed by atoms with E-state index in [1.165, 1.54) is 11.1 Å². The summed E-state index contributed by atoms with van der Waals surface area (Å²) in [6.45, 7) is 3.75. The van der Waals surface area contributed by atoms with E-state index in [2.05, 4.69) is 36.5 Å². The highest BCUT2D eigenvalue weighted by Crippen LogP contribution is 2.35. The van der Waals surface area contributed by atoms with Gasteiger partial charge in [-0.3, -0.25) is 0 Å². The van der Waals surface area contributed by atoms with Gasteiger partial charge in [-0.25, -0.2) is 0 Å². The van der Waals surface area contributed by atoms with Gasteiger partial charge < -0.3 is 14.8 Å². The molecule has 1 aliphatic heterocycles. The first-order valence-electron chi connectivity index (χ1n) is 7.39. The number of hydrogen-bond acceptors (Lipinski definition) is 3. The van der Waals surface area contributed by atoms with E-state index in [1.54, 1.807) is 7.11 Å². The monoisotopic (exact) mass is 283 g/mol. The molecule has 1 heterocycles. The molecule has 3 rings (SSSR count). The summed E-state index contributed by atoms with van der Waals surface area (Å²) in [5.41, 5.74) is 3.82. The molecule has 110 valence electrons. The summed E-state index contributed by atoms with van der Waals surface area (Å²) in [4.78, 5) is 0. The highest BCUT2D eigenvalue weighted by molar-refractivity contribution is 5.49. The summed E-state index contributed by atoms with van der Waals surface area (Å²) in [7, 11) is 1.69. The van der Waals surface area contributed by atoms with Gasteiger partial charge in [-0.1, -0.05) is 30.3 Å². The molecule has 0 amide bonds. The van der Waals surface area contributed by atoms with Gasteiger partial charge in [0, 0.05) is 6.04 Å². The first-order valence-corrected chi connectivity index (χ1v) is 7.39. The molecule has 2 aromatic carbocycles. The Kier molecular flexibility index (Phi) is 4.11. The molecule has 1 aliphatic rings. The van der Waals surface area contributed by atoms with Gasteiger partial charge in [-0.2, -0.15) is 0 Å². The zero-order valence-corrected chi connectivity index (χ0v) is 12.6. The Labute approximate surface area is 125 Å². The fourth-order valence-electron chi connectivity index (χ4n) is 2.78. The lowest BCUT2D eigenvalue weighted by Crippen LogP contribution is -2.27. The van der Waals surface area contributed by atoms with Crippen molar-refractivity contribution in [1.29, 1.82) is 0 Å². The van der Waals surface area contributed by atoms with Gasteiger partial charge in [0.2, 0.25) is 0 Å². The van der Waals surface area contributed by atoms with Crippen LogP contribution in [0.1, 0.15) is 29.7 Å². The van der Waals surface area contributed by atoms with Crippen LogP contribution in [-0.4, -0.2) is 13.7 Å². The van der Waals surface area contributed by atoms with E-state index in [9.17, 15) is 0 Å². The van der Waals surface area contributed by atoms with Crippen LogP contribution in [0.25, 0.3) is 0 Å². The SMILES string of the molecule is COc1cc2c(cc1OCc1ccccc1)CCN[C@H]2C. The standard InChI is InChI=1S/C18H21NO2/c1-13-16-11-17(20-2)18(10-15(16)8-9-19-13)21-12-14-6-4-3-5-7-14/h3-7,10-11,13,19H,8-9,12H2,1-2H3/t13-/m0/s1. The van der Waals surface area contributed by atoms with Gasteiger partial charge in [0.1, 0.15) is 6.61 Å². The Morgan fingerprint density at radius 3 is 2.71 bits per heavy atom. The lowest BCUT2D eigenvalue weighted by molar-refractivity contribution is 0.283. The molecule has 0 saturated carbocycles. The van der Waals surface area contributed by atoms with Crippen molar-refractivity contribution < 1.29 is 9.47 Å². The topological polar surface area (TPSA) is 30.5 Å². The van der Waals surface area contributed by atoms with Crippen LogP contribution in [-0.2, 0) is 13.0 Å². The van der Waals surface area contributed by atoms with Crippen molar-refractivity contribution in [3.8, 4) is 11.5 Å². The molecule has 3 heteroatoms. The van der Waals surface area contributed by atoms with Crippen molar-refractivity contribution >= 4 is 0 Å². The first-order chi connectivity index (χ1) is 10.3. The first kappa shape index (κ1) is 14.0. The molecular formula is C18H21NO2. The smallest absolute Gasteiger partial charge is 0.161 e. The zero-order chi connectivity index (χ0) is 14.7. The maximum atomic E-state index is 5.97. The van der Waals surface area contributed by atoms with E-state index in [0.29, 0.717) is 12.6 Å². The molecule has 0 radical (unpaired) electrons. The molecule has 0 aliphatic carbocycles. The fraction of sp³-hybridized carbons (Fsp3) is 0.333. The summed E-state index contributed by atoms with van der Waals surface area (Å²) in [6.07, 6.45) is 1.03. The molecule has 1 N–H and O–H groups in total. The van der Waals surface area contributed by atoms with E-state index in [1.807, 2.05) is 18.2 Å². The summed E-state index contributed by atoms with van der Waals surface area (Å²) < 4.78 is 11.5. The maximum absolute atomic E-state index is 5.97. The summed E-state index contributed by atoms with van der Waals surface area (Å²) in [6, 6.07) is 14.8. The van der Waals surface area contributed by atoms with Crippen molar-refractivity contribution in [2.75, 3.05) is 13.7 Å². The normalized spacial score (nSPS) is 17.1. The van der Waals surface area contributed by atoms with Crippen LogP contribution in [0.3, 0.4) is 0 Å². The van der Waals surface area contributed by atoms with Gasteiger partial charge in [0.15, 0.2) is 11.5 Å². The minimum Gasteiger partial charge on any atom is -0.493 e. The lowest BCUT2D eigenvalue weighted by atomic mass is 9.94.